The van der Waals surface area contributed by atoms with Crippen molar-refractivity contribution >= 4 is 15.9 Å². The van der Waals surface area contributed by atoms with Crippen LogP contribution in [0, 0.1) is 0 Å². The van der Waals surface area contributed by atoms with Gasteiger partial charge in [-0.25, -0.2) is 13.6 Å². The number of nitrogens with two attached hydrogens (primary N) is 1. The number of aromatic amines is 1. The maximum atomic E-state index is 12.4. The van der Waals surface area contributed by atoms with Crippen LogP contribution in [0.3, 0.4) is 0 Å². The largest absolute Gasteiger partial charge is 0.338 e. The SMILES string of the molecule is CCC(C)N(C)C(=O)c1n[nH]c(C2CC2)c1S(N)(=O)=O. The topological polar surface area (TPSA) is 109 Å². The summed E-state index contributed by atoms with van der Waals surface area (Å²) in [4.78, 5) is 13.7. The van der Waals surface area contributed by atoms with Gasteiger partial charge in [0.2, 0.25) is 10.0 Å². The Morgan fingerprint density at radius 1 is 1.55 bits per heavy atom. The van der Waals surface area contributed by atoms with Crippen molar-refractivity contribution in [2.45, 2.75) is 50.0 Å². The van der Waals surface area contributed by atoms with Crippen LogP contribution >= 0.6 is 0 Å². The van der Waals surface area contributed by atoms with E-state index in [-0.39, 0.29) is 22.5 Å². The Morgan fingerprint density at radius 3 is 2.60 bits per heavy atom. The number of primary sulfonamides is 1. The lowest BCUT2D eigenvalue weighted by molar-refractivity contribution is 0.0730. The van der Waals surface area contributed by atoms with Gasteiger partial charge in [-0.15, -0.1) is 0 Å². The van der Waals surface area contributed by atoms with Crippen LogP contribution in [0.25, 0.3) is 0 Å². The summed E-state index contributed by atoms with van der Waals surface area (Å²) in [5.41, 5.74) is 0.366. The zero-order chi connectivity index (χ0) is 15.1. The molecule has 8 heteroatoms. The number of hydrogen-bond donors (Lipinski definition) is 2. The Balaban J connectivity index is 2.44. The lowest BCUT2D eigenvalue weighted by Gasteiger charge is -2.23. The van der Waals surface area contributed by atoms with Gasteiger partial charge in [0.15, 0.2) is 5.69 Å². The minimum atomic E-state index is -3.98. The first kappa shape index (κ1) is 15.0. The first-order chi connectivity index (χ1) is 9.27. The molecule has 1 heterocycles. The van der Waals surface area contributed by atoms with Crippen molar-refractivity contribution < 1.29 is 13.2 Å². The molecule has 0 aromatic carbocycles. The van der Waals surface area contributed by atoms with E-state index in [0.717, 1.165) is 19.3 Å². The quantitative estimate of drug-likeness (QED) is 0.838. The van der Waals surface area contributed by atoms with Crippen LogP contribution in [0.5, 0.6) is 0 Å². The average Bonchev–Trinajstić information content (AvgIpc) is 3.13. The molecule has 1 aliphatic carbocycles. The summed E-state index contributed by atoms with van der Waals surface area (Å²) < 4.78 is 23.6. The second-order valence-corrected chi connectivity index (χ2v) is 6.81. The van der Waals surface area contributed by atoms with Gasteiger partial charge >= 0.3 is 0 Å². The molecule has 0 aliphatic heterocycles. The molecule has 3 N–H and O–H groups in total. The van der Waals surface area contributed by atoms with Crippen LogP contribution in [-0.4, -0.2) is 42.5 Å². The molecule has 0 radical (unpaired) electrons. The molecule has 1 fully saturated rings. The zero-order valence-corrected chi connectivity index (χ0v) is 12.7. The van der Waals surface area contributed by atoms with Gasteiger partial charge in [0, 0.05) is 19.0 Å². The molecule has 7 nitrogen and oxygen atoms in total. The number of carbonyl (C=O) groups excluding carboxylic acids is 1. The number of carbonyl (C=O) groups is 1. The molecule has 1 aromatic rings. The summed E-state index contributed by atoms with van der Waals surface area (Å²) in [5, 5.41) is 11.8. The first-order valence-corrected chi connectivity index (χ1v) is 8.20. The first-order valence-electron chi connectivity index (χ1n) is 6.65. The van der Waals surface area contributed by atoms with Crippen LogP contribution in [0.1, 0.15) is 55.2 Å². The monoisotopic (exact) mass is 300 g/mol. The molecule has 0 bridgehead atoms. The van der Waals surface area contributed by atoms with E-state index >= 15 is 0 Å². The van der Waals surface area contributed by atoms with Gasteiger partial charge < -0.3 is 4.90 Å². The fraction of sp³-hybridized carbons (Fsp3) is 0.667. The van der Waals surface area contributed by atoms with Crippen LogP contribution in [0.15, 0.2) is 4.90 Å². The molecule has 0 saturated heterocycles. The van der Waals surface area contributed by atoms with E-state index in [4.69, 9.17) is 5.14 Å². The van der Waals surface area contributed by atoms with E-state index in [2.05, 4.69) is 10.2 Å². The fourth-order valence-corrected chi connectivity index (χ4v) is 2.99. The predicted octanol–water partition coefficient (Wildman–Crippen LogP) is 0.805. The van der Waals surface area contributed by atoms with Crippen LogP contribution < -0.4 is 5.14 Å². The van der Waals surface area contributed by atoms with Crippen molar-refractivity contribution in [3.63, 3.8) is 0 Å². The number of nitrogens with zero attached hydrogens (tertiary/aromatic N) is 2. The third-order valence-corrected chi connectivity index (χ3v) is 4.78. The molecule has 1 saturated carbocycles. The summed E-state index contributed by atoms with van der Waals surface area (Å²) in [6, 6.07) is -0.00287. The summed E-state index contributed by atoms with van der Waals surface area (Å²) in [7, 11) is -2.34. The van der Waals surface area contributed by atoms with Crippen molar-refractivity contribution in [1.29, 1.82) is 0 Å². The van der Waals surface area contributed by atoms with Gasteiger partial charge in [0.1, 0.15) is 4.90 Å². The zero-order valence-electron chi connectivity index (χ0n) is 11.9. The lowest BCUT2D eigenvalue weighted by atomic mass is 10.2. The number of H-pyrrole nitrogens is 1. The Bertz CT molecular complexity index is 619. The molecule has 1 atom stereocenters. The minimum absolute atomic E-state index is 0.00287. The van der Waals surface area contributed by atoms with E-state index in [9.17, 15) is 13.2 Å². The third kappa shape index (κ3) is 2.71. The maximum absolute atomic E-state index is 12.4. The van der Waals surface area contributed by atoms with Crippen molar-refractivity contribution in [3.05, 3.63) is 11.4 Å². The molecule has 1 amide bonds. The third-order valence-electron chi connectivity index (χ3n) is 3.79. The molecule has 112 valence electrons. The molecule has 1 unspecified atom stereocenters. The van der Waals surface area contributed by atoms with Gasteiger partial charge in [-0.3, -0.25) is 9.89 Å². The lowest BCUT2D eigenvalue weighted by Crippen LogP contribution is -2.36. The fourth-order valence-electron chi connectivity index (χ4n) is 2.07. The average molecular weight is 300 g/mol. The number of sulfonamides is 1. The van der Waals surface area contributed by atoms with Gasteiger partial charge in [-0.05, 0) is 26.2 Å². The molecule has 1 aliphatic rings. The van der Waals surface area contributed by atoms with Crippen LogP contribution in [0.2, 0.25) is 0 Å². The molecule has 2 rings (SSSR count). The van der Waals surface area contributed by atoms with E-state index in [1.165, 1.54) is 4.90 Å². The second kappa shape index (κ2) is 5.17. The van der Waals surface area contributed by atoms with Crippen LogP contribution in [0.4, 0.5) is 0 Å². The normalized spacial score (nSPS) is 17.0. The minimum Gasteiger partial charge on any atom is -0.338 e. The highest BCUT2D eigenvalue weighted by molar-refractivity contribution is 7.89. The smallest absolute Gasteiger partial charge is 0.275 e. The Kier molecular flexibility index (Phi) is 3.88. The molecule has 1 aromatic heterocycles. The molecular weight excluding hydrogens is 280 g/mol. The van der Waals surface area contributed by atoms with Gasteiger partial charge in [-0.2, -0.15) is 5.10 Å². The van der Waals surface area contributed by atoms with Crippen molar-refractivity contribution in [1.82, 2.24) is 15.1 Å². The number of rotatable bonds is 5. The van der Waals surface area contributed by atoms with Crippen molar-refractivity contribution in [3.8, 4) is 0 Å². The van der Waals surface area contributed by atoms with E-state index < -0.39 is 15.9 Å². The maximum Gasteiger partial charge on any atom is 0.275 e. The molecule has 0 spiro atoms. The summed E-state index contributed by atoms with van der Waals surface area (Å²) in [6.07, 6.45) is 2.55. The highest BCUT2D eigenvalue weighted by Gasteiger charge is 2.36. The second-order valence-electron chi connectivity index (χ2n) is 5.31. The Hall–Kier alpha value is -1.41. The molecule has 20 heavy (non-hydrogen) atoms. The Labute approximate surface area is 118 Å². The van der Waals surface area contributed by atoms with Crippen molar-refractivity contribution in [2.24, 2.45) is 5.14 Å². The highest BCUT2D eigenvalue weighted by Crippen LogP contribution is 2.42. The van der Waals surface area contributed by atoms with Crippen molar-refractivity contribution in [2.75, 3.05) is 7.05 Å². The predicted molar refractivity (Wildman–Crippen MR) is 73.8 cm³/mol. The molecular formula is C12H20N4O3S. The van der Waals surface area contributed by atoms with Gasteiger partial charge in [0.25, 0.3) is 5.91 Å². The number of aromatic nitrogens is 2. The number of nitrogens with one attached hydrogen (secondary N) is 1. The standard InChI is InChI=1S/C12H20N4O3S/c1-4-7(2)16(3)12(17)10-11(20(13,18)19)9(14-15-10)8-5-6-8/h7-8H,4-6H2,1-3H3,(H,14,15)(H2,13,18,19). The number of amides is 1. The summed E-state index contributed by atoms with van der Waals surface area (Å²) in [5.74, 6) is -0.308. The summed E-state index contributed by atoms with van der Waals surface area (Å²) >= 11 is 0. The van der Waals surface area contributed by atoms with Gasteiger partial charge in [-0.1, -0.05) is 6.92 Å². The Morgan fingerprint density at radius 2 is 2.15 bits per heavy atom. The van der Waals surface area contributed by atoms with Crippen LogP contribution in [-0.2, 0) is 10.0 Å². The summed E-state index contributed by atoms with van der Waals surface area (Å²) in [6.45, 7) is 3.85. The highest BCUT2D eigenvalue weighted by atomic mass is 32.2. The van der Waals surface area contributed by atoms with Gasteiger partial charge in [0.05, 0.1) is 5.69 Å². The number of hydrogen-bond acceptors (Lipinski definition) is 4. The van der Waals surface area contributed by atoms with E-state index in [1.54, 1.807) is 7.05 Å². The van der Waals surface area contributed by atoms with E-state index in [1.807, 2.05) is 13.8 Å². The van der Waals surface area contributed by atoms with E-state index in [0.29, 0.717) is 5.69 Å².